The minimum atomic E-state index is 0.589. The summed E-state index contributed by atoms with van der Waals surface area (Å²) in [6, 6.07) is 0.822. The van der Waals surface area contributed by atoms with Crippen molar-refractivity contribution in [3.05, 3.63) is 7.05 Å². The molecule has 1 N–H and O–H groups in total. The average Bonchev–Trinajstić information content (AvgIpc) is 2.13. The van der Waals surface area contributed by atoms with Gasteiger partial charge < -0.3 is 4.90 Å². The predicted octanol–water partition coefficient (Wildman–Crippen LogP) is 0.0912. The zero-order chi connectivity index (χ0) is 6.36. The third kappa shape index (κ3) is 0.873. The van der Waals surface area contributed by atoms with E-state index in [1.807, 2.05) is 0 Å². The van der Waals surface area contributed by atoms with Crippen molar-refractivity contribution in [1.82, 2.24) is 0 Å². The fraction of sp³-hybridized carbons (Fsp3) is 0.857. The average molecular weight is 113 g/mol. The van der Waals surface area contributed by atoms with E-state index in [1.165, 1.54) is 11.3 Å². The molecule has 0 aromatic rings. The Morgan fingerprint density at radius 3 is 2.00 bits per heavy atom. The first-order valence-corrected chi connectivity index (χ1v) is 3.19. The Morgan fingerprint density at radius 2 is 2.00 bits per heavy atom. The Labute approximate surface area is 51.7 Å². The van der Waals surface area contributed by atoms with Crippen LogP contribution < -0.4 is 4.90 Å². The number of quaternary nitrogens is 1. The van der Waals surface area contributed by atoms with Gasteiger partial charge in [0, 0.05) is 18.9 Å². The van der Waals surface area contributed by atoms with Gasteiger partial charge in [0.15, 0.2) is 0 Å². The molecule has 2 unspecified atom stereocenters. The Morgan fingerprint density at radius 1 is 1.62 bits per heavy atom. The summed E-state index contributed by atoms with van der Waals surface area (Å²) >= 11 is 0. The Kier molecular flexibility index (Phi) is 1.12. The van der Waals surface area contributed by atoms with E-state index in [9.17, 15) is 0 Å². The second-order valence-electron chi connectivity index (χ2n) is 3.59. The van der Waals surface area contributed by atoms with Crippen molar-refractivity contribution in [3.8, 4) is 0 Å². The van der Waals surface area contributed by atoms with Crippen molar-refractivity contribution in [1.29, 1.82) is 0 Å². The normalized spacial score (nSPS) is 36.8. The van der Waals surface area contributed by atoms with Crippen LogP contribution in [0, 0.1) is 12.5 Å². The maximum Gasteiger partial charge on any atom is 0.0694 e. The summed E-state index contributed by atoms with van der Waals surface area (Å²) < 4.78 is 0. The van der Waals surface area contributed by atoms with Crippen LogP contribution in [0.5, 0.6) is 0 Å². The van der Waals surface area contributed by atoms with Crippen molar-refractivity contribution < 1.29 is 4.90 Å². The van der Waals surface area contributed by atoms with Gasteiger partial charge in [0.2, 0.25) is 0 Å². The summed E-state index contributed by atoms with van der Waals surface area (Å²) in [7, 11) is 6.04. The van der Waals surface area contributed by atoms with Crippen molar-refractivity contribution >= 4 is 0 Å². The molecule has 2 atom stereocenters. The molecule has 48 valence electrons. The van der Waals surface area contributed by atoms with Crippen LogP contribution in [0.4, 0.5) is 0 Å². The lowest BCUT2D eigenvalue weighted by molar-refractivity contribution is -0.847. The van der Waals surface area contributed by atoms with Crippen LogP contribution in [0.25, 0.3) is 0 Å². The van der Waals surface area contributed by atoms with Crippen LogP contribution in [0.2, 0.25) is 0 Å². The molecule has 0 heterocycles. The lowest BCUT2D eigenvalue weighted by atomic mass is 10.2. The predicted molar refractivity (Wildman–Crippen MR) is 34.4 cm³/mol. The largest absolute Gasteiger partial charge is 0.467 e. The van der Waals surface area contributed by atoms with E-state index < -0.39 is 0 Å². The minimum absolute atomic E-state index is 0.589. The molecule has 1 aliphatic rings. The number of hydrogen-bond acceptors (Lipinski definition) is 0. The molecule has 0 aliphatic heterocycles. The van der Waals surface area contributed by atoms with E-state index in [2.05, 4.69) is 27.9 Å². The molecule has 1 aliphatic carbocycles. The second-order valence-corrected chi connectivity index (χ2v) is 3.59. The summed E-state index contributed by atoms with van der Waals surface area (Å²) in [6.45, 7) is 4.60. The fourth-order valence-electron chi connectivity index (χ4n) is 1.31. The molecule has 0 radical (unpaired) electrons. The molecule has 0 spiro atoms. The van der Waals surface area contributed by atoms with Gasteiger partial charge in [-0.1, -0.05) is 13.8 Å². The summed E-state index contributed by atoms with van der Waals surface area (Å²) in [5.41, 5.74) is 0.589. The Hall–Kier alpha value is -0.0400. The van der Waals surface area contributed by atoms with Gasteiger partial charge in [0.1, 0.15) is 0 Å². The van der Waals surface area contributed by atoms with Gasteiger partial charge in [-0.2, -0.15) is 7.05 Å². The zero-order valence-electron chi connectivity index (χ0n) is 5.99. The smallest absolute Gasteiger partial charge is 0.0694 e. The number of nitrogens with one attached hydrogen (secondary N) is 1. The van der Waals surface area contributed by atoms with Crippen molar-refractivity contribution in [2.24, 2.45) is 5.41 Å². The lowest BCUT2D eigenvalue weighted by Gasteiger charge is -2.15. The molecular weight excluding hydrogens is 98.1 g/mol. The minimum Gasteiger partial charge on any atom is -0.467 e. The fourth-order valence-corrected chi connectivity index (χ4v) is 1.31. The number of rotatable bonds is 1. The van der Waals surface area contributed by atoms with Crippen LogP contribution in [-0.2, 0) is 0 Å². The molecule has 0 saturated heterocycles. The van der Waals surface area contributed by atoms with Gasteiger partial charge in [-0.3, -0.25) is 0 Å². The molecule has 1 nitrogen and oxygen atoms in total. The summed E-state index contributed by atoms with van der Waals surface area (Å²) in [4.78, 5) is 1.36. The van der Waals surface area contributed by atoms with Gasteiger partial charge in [-0.15, -0.1) is 0 Å². The van der Waals surface area contributed by atoms with E-state index in [4.69, 9.17) is 0 Å². The topological polar surface area (TPSA) is 4.44 Å². The molecule has 1 heteroatoms. The van der Waals surface area contributed by atoms with Gasteiger partial charge >= 0.3 is 0 Å². The number of hydrogen-bond donors (Lipinski definition) is 1. The highest BCUT2D eigenvalue weighted by atomic mass is 15.1. The first-order chi connectivity index (χ1) is 3.54. The standard InChI is InChI=1S/C7H15N/c1-7(2)5-6(7)8(3)4/h6,8H,3,5H2,1-2,4H3. The molecule has 0 amide bonds. The first-order valence-electron chi connectivity index (χ1n) is 3.19. The first kappa shape index (κ1) is 6.09. The van der Waals surface area contributed by atoms with Crippen LogP contribution in [0.15, 0.2) is 0 Å². The van der Waals surface area contributed by atoms with Gasteiger partial charge in [0.05, 0.1) is 6.04 Å². The maximum atomic E-state index is 3.91. The van der Waals surface area contributed by atoms with Gasteiger partial charge in [-0.25, -0.2) is 0 Å². The van der Waals surface area contributed by atoms with E-state index in [1.54, 1.807) is 0 Å². The lowest BCUT2D eigenvalue weighted by Crippen LogP contribution is -3.05. The van der Waals surface area contributed by atoms with E-state index in [0.717, 1.165) is 6.04 Å². The van der Waals surface area contributed by atoms with Crippen molar-refractivity contribution in [2.75, 3.05) is 7.05 Å². The molecule has 1 saturated carbocycles. The molecule has 0 aromatic heterocycles. The van der Waals surface area contributed by atoms with E-state index >= 15 is 0 Å². The summed E-state index contributed by atoms with van der Waals surface area (Å²) in [5, 5.41) is 0. The molecule has 8 heavy (non-hydrogen) atoms. The second kappa shape index (κ2) is 1.47. The maximum absolute atomic E-state index is 3.91. The van der Waals surface area contributed by atoms with E-state index in [-0.39, 0.29) is 0 Å². The Bertz CT molecular complexity index is 94.6. The zero-order valence-corrected chi connectivity index (χ0v) is 5.99. The molecular formula is C7H15N. The molecule has 0 bridgehead atoms. The van der Waals surface area contributed by atoms with Gasteiger partial charge in [-0.05, 0) is 0 Å². The molecule has 1 rings (SSSR count). The Balaban J connectivity index is 2.37. The summed E-state index contributed by atoms with van der Waals surface area (Å²) in [5.74, 6) is 0. The highest BCUT2D eigenvalue weighted by Gasteiger charge is 2.49. The van der Waals surface area contributed by atoms with Gasteiger partial charge in [0.25, 0.3) is 0 Å². The van der Waals surface area contributed by atoms with E-state index in [0.29, 0.717) is 5.41 Å². The van der Waals surface area contributed by atoms with Crippen molar-refractivity contribution in [2.45, 2.75) is 26.3 Å². The van der Waals surface area contributed by atoms with Crippen LogP contribution >= 0.6 is 0 Å². The van der Waals surface area contributed by atoms with Crippen molar-refractivity contribution in [3.63, 3.8) is 0 Å². The summed E-state index contributed by atoms with van der Waals surface area (Å²) in [6.07, 6.45) is 1.35. The molecule has 1 fully saturated rings. The van der Waals surface area contributed by atoms with Crippen LogP contribution in [0.3, 0.4) is 0 Å². The quantitative estimate of drug-likeness (QED) is 0.460. The molecule has 0 aromatic carbocycles. The van der Waals surface area contributed by atoms with Crippen LogP contribution in [0.1, 0.15) is 20.3 Å². The third-order valence-corrected chi connectivity index (χ3v) is 2.11. The van der Waals surface area contributed by atoms with Crippen LogP contribution in [-0.4, -0.2) is 13.1 Å². The highest BCUT2D eigenvalue weighted by Crippen LogP contribution is 2.42. The monoisotopic (exact) mass is 113 g/mol. The highest BCUT2D eigenvalue weighted by molar-refractivity contribution is 4.95. The third-order valence-electron chi connectivity index (χ3n) is 2.11. The SMILES string of the molecule is [CH2-][NH+](C)C1CC1(C)C.